The Labute approximate surface area is 138 Å². The van der Waals surface area contributed by atoms with Gasteiger partial charge in [-0.25, -0.2) is 0 Å². The van der Waals surface area contributed by atoms with E-state index in [2.05, 4.69) is 27.7 Å². The molecule has 0 aliphatic rings. The Morgan fingerprint density at radius 2 is 1.14 bits per heavy atom. The summed E-state index contributed by atoms with van der Waals surface area (Å²) in [5, 5.41) is 10.2. The summed E-state index contributed by atoms with van der Waals surface area (Å²) in [6.45, 7) is 9.55. The molecule has 0 aliphatic heterocycles. The summed E-state index contributed by atoms with van der Waals surface area (Å²) in [6.07, 6.45) is 15.1. The van der Waals surface area contributed by atoms with E-state index in [0.29, 0.717) is 5.41 Å². The van der Waals surface area contributed by atoms with Gasteiger partial charge in [-0.3, -0.25) is 10.1 Å². The maximum absolute atomic E-state index is 10.2. The second kappa shape index (κ2) is 12.9. The van der Waals surface area contributed by atoms with Gasteiger partial charge in [0.15, 0.2) is 0 Å². The van der Waals surface area contributed by atoms with Crippen molar-refractivity contribution in [2.24, 2.45) is 11.3 Å². The first kappa shape index (κ1) is 21.4. The van der Waals surface area contributed by atoms with Crippen molar-refractivity contribution in [2.45, 2.75) is 105 Å². The van der Waals surface area contributed by atoms with Crippen LogP contribution in [0.3, 0.4) is 0 Å². The summed E-state index contributed by atoms with van der Waals surface area (Å²) in [5.41, 5.74) is 0.458. The minimum Gasteiger partial charge on any atom is -0.265 e. The van der Waals surface area contributed by atoms with Crippen LogP contribution in [-0.2, 0) is 0 Å². The fraction of sp³-hybridized carbons (Fsp3) is 1.00. The van der Waals surface area contributed by atoms with Gasteiger partial charge in [0.25, 0.3) is 0 Å². The number of hydrogen-bond acceptors (Lipinski definition) is 2. The average Bonchev–Trinajstić information content (AvgIpc) is 2.42. The van der Waals surface area contributed by atoms with Crippen LogP contribution in [-0.4, -0.2) is 11.5 Å². The SMILES string of the molecule is CC(CCCCCCCCCCCCC[N+](=O)[O-])C(C)(C)C. The third-order valence-electron chi connectivity index (χ3n) is 4.96. The van der Waals surface area contributed by atoms with Crippen molar-refractivity contribution < 1.29 is 4.92 Å². The van der Waals surface area contributed by atoms with E-state index in [-0.39, 0.29) is 11.5 Å². The molecule has 0 fully saturated rings. The van der Waals surface area contributed by atoms with E-state index in [1.165, 1.54) is 64.2 Å². The largest absolute Gasteiger partial charge is 0.265 e. The molecule has 0 amide bonds. The zero-order valence-electron chi connectivity index (χ0n) is 15.5. The quantitative estimate of drug-likeness (QED) is 0.205. The molecular formula is C19H39NO2. The normalized spacial score (nSPS) is 13.3. The molecule has 0 aromatic heterocycles. The molecule has 22 heavy (non-hydrogen) atoms. The highest BCUT2D eigenvalue weighted by atomic mass is 16.6. The van der Waals surface area contributed by atoms with Crippen LogP contribution in [0.4, 0.5) is 0 Å². The standard InChI is InChI=1S/C19H39NO2/c1-18(19(2,3)4)16-14-12-10-8-6-5-7-9-11-13-15-17-20(21)22/h18H,5-17H2,1-4H3. The van der Waals surface area contributed by atoms with Crippen molar-refractivity contribution >= 4 is 0 Å². The number of rotatable bonds is 14. The van der Waals surface area contributed by atoms with E-state index in [4.69, 9.17) is 0 Å². The number of hydrogen-bond donors (Lipinski definition) is 0. The van der Waals surface area contributed by atoms with E-state index >= 15 is 0 Å². The second-order valence-corrected chi connectivity index (χ2v) is 8.00. The molecule has 3 nitrogen and oxygen atoms in total. The van der Waals surface area contributed by atoms with Gasteiger partial charge in [-0.15, -0.1) is 0 Å². The summed E-state index contributed by atoms with van der Waals surface area (Å²) in [7, 11) is 0. The maximum Gasteiger partial charge on any atom is 0.203 e. The van der Waals surface area contributed by atoms with Crippen molar-refractivity contribution in [3.05, 3.63) is 10.1 Å². The fourth-order valence-corrected chi connectivity index (χ4v) is 2.72. The highest BCUT2D eigenvalue weighted by Crippen LogP contribution is 2.29. The Balaban J connectivity index is 3.16. The molecule has 3 heteroatoms. The van der Waals surface area contributed by atoms with E-state index in [1.807, 2.05) is 0 Å². The predicted molar refractivity (Wildman–Crippen MR) is 95.9 cm³/mol. The molecule has 0 heterocycles. The summed E-state index contributed by atoms with van der Waals surface area (Å²) < 4.78 is 0. The zero-order chi connectivity index (χ0) is 16.8. The van der Waals surface area contributed by atoms with Crippen molar-refractivity contribution in [3.8, 4) is 0 Å². The van der Waals surface area contributed by atoms with E-state index in [0.717, 1.165) is 18.8 Å². The Morgan fingerprint density at radius 1 is 0.773 bits per heavy atom. The fourth-order valence-electron chi connectivity index (χ4n) is 2.72. The summed E-state index contributed by atoms with van der Waals surface area (Å²) in [5.74, 6) is 0.822. The van der Waals surface area contributed by atoms with Gasteiger partial charge in [-0.05, 0) is 17.8 Å². The molecule has 0 saturated heterocycles. The molecule has 1 atom stereocenters. The van der Waals surface area contributed by atoms with Gasteiger partial charge in [-0.1, -0.05) is 91.9 Å². The molecule has 0 spiro atoms. The summed E-state index contributed by atoms with van der Waals surface area (Å²) >= 11 is 0. The van der Waals surface area contributed by atoms with Gasteiger partial charge in [0.2, 0.25) is 6.54 Å². The molecule has 1 unspecified atom stereocenters. The van der Waals surface area contributed by atoms with Crippen LogP contribution in [0, 0.1) is 21.4 Å². The van der Waals surface area contributed by atoms with Gasteiger partial charge in [0, 0.05) is 11.3 Å². The highest BCUT2D eigenvalue weighted by Gasteiger charge is 2.18. The smallest absolute Gasteiger partial charge is 0.203 e. The van der Waals surface area contributed by atoms with E-state index in [9.17, 15) is 10.1 Å². The number of unbranched alkanes of at least 4 members (excludes halogenated alkanes) is 10. The predicted octanol–water partition coefficient (Wildman–Crippen LogP) is 6.63. The molecule has 0 N–H and O–H groups in total. The third-order valence-corrected chi connectivity index (χ3v) is 4.96. The Morgan fingerprint density at radius 3 is 1.50 bits per heavy atom. The van der Waals surface area contributed by atoms with Crippen LogP contribution in [0.15, 0.2) is 0 Å². The first-order valence-electron chi connectivity index (χ1n) is 9.46. The summed E-state index contributed by atoms with van der Waals surface area (Å²) in [6, 6.07) is 0. The molecule has 132 valence electrons. The molecule has 0 saturated carbocycles. The highest BCUT2D eigenvalue weighted by molar-refractivity contribution is 4.69. The molecule has 0 aliphatic carbocycles. The number of nitrogens with zero attached hydrogens (tertiary/aromatic N) is 1. The average molecular weight is 314 g/mol. The Bertz CT molecular complexity index is 271. The molecule has 0 rings (SSSR count). The van der Waals surface area contributed by atoms with Crippen molar-refractivity contribution in [3.63, 3.8) is 0 Å². The van der Waals surface area contributed by atoms with E-state index < -0.39 is 0 Å². The van der Waals surface area contributed by atoms with Crippen molar-refractivity contribution in [1.82, 2.24) is 0 Å². The van der Waals surface area contributed by atoms with Crippen molar-refractivity contribution in [2.75, 3.05) is 6.54 Å². The molecule has 0 aromatic rings. The van der Waals surface area contributed by atoms with Crippen LogP contribution >= 0.6 is 0 Å². The molecule has 0 aromatic carbocycles. The lowest BCUT2D eigenvalue weighted by atomic mass is 9.79. The monoisotopic (exact) mass is 313 g/mol. The molecule has 0 bridgehead atoms. The Kier molecular flexibility index (Phi) is 12.5. The van der Waals surface area contributed by atoms with Crippen LogP contribution in [0.5, 0.6) is 0 Å². The van der Waals surface area contributed by atoms with Crippen LogP contribution < -0.4 is 0 Å². The lowest BCUT2D eigenvalue weighted by Crippen LogP contribution is -2.16. The number of nitro groups is 1. The minimum absolute atomic E-state index is 0.147. The Hall–Kier alpha value is -0.600. The minimum atomic E-state index is -0.206. The van der Waals surface area contributed by atoms with Crippen molar-refractivity contribution in [1.29, 1.82) is 0 Å². The summed E-state index contributed by atoms with van der Waals surface area (Å²) in [4.78, 5) is 9.97. The lowest BCUT2D eigenvalue weighted by Gasteiger charge is -2.27. The van der Waals surface area contributed by atoms with Gasteiger partial charge < -0.3 is 0 Å². The topological polar surface area (TPSA) is 43.1 Å². The lowest BCUT2D eigenvalue weighted by molar-refractivity contribution is -0.480. The first-order chi connectivity index (χ1) is 10.3. The molecular weight excluding hydrogens is 274 g/mol. The van der Waals surface area contributed by atoms with Crippen LogP contribution in [0.2, 0.25) is 0 Å². The zero-order valence-corrected chi connectivity index (χ0v) is 15.5. The van der Waals surface area contributed by atoms with Gasteiger partial charge in [0.1, 0.15) is 0 Å². The first-order valence-corrected chi connectivity index (χ1v) is 9.46. The molecule has 0 radical (unpaired) electrons. The van der Waals surface area contributed by atoms with Gasteiger partial charge in [-0.2, -0.15) is 0 Å². The van der Waals surface area contributed by atoms with Crippen LogP contribution in [0.1, 0.15) is 105 Å². The van der Waals surface area contributed by atoms with Gasteiger partial charge >= 0.3 is 0 Å². The van der Waals surface area contributed by atoms with E-state index in [1.54, 1.807) is 0 Å². The third kappa shape index (κ3) is 14.3. The van der Waals surface area contributed by atoms with Gasteiger partial charge in [0.05, 0.1) is 0 Å². The van der Waals surface area contributed by atoms with Crippen LogP contribution in [0.25, 0.3) is 0 Å². The second-order valence-electron chi connectivity index (χ2n) is 8.00. The maximum atomic E-state index is 10.2.